The third kappa shape index (κ3) is 5.10. The van der Waals surface area contributed by atoms with Crippen LogP contribution in [-0.2, 0) is 14.6 Å². The largest absolute Gasteiger partial charge is 0.335 e. The van der Waals surface area contributed by atoms with Gasteiger partial charge in [0.25, 0.3) is 0 Å². The van der Waals surface area contributed by atoms with E-state index in [0.717, 1.165) is 45.2 Å². The zero-order valence-electron chi connectivity index (χ0n) is 17.1. The predicted octanol–water partition coefficient (Wildman–Crippen LogP) is 3.12. The summed E-state index contributed by atoms with van der Waals surface area (Å²) in [5.41, 5.74) is 2.61. The molecule has 0 radical (unpaired) electrons. The molecule has 0 spiro atoms. The fourth-order valence-electron chi connectivity index (χ4n) is 5.10. The lowest BCUT2D eigenvalue weighted by atomic mass is 9.92. The molecule has 5 nitrogen and oxygen atoms in total. The lowest BCUT2D eigenvalue weighted by Crippen LogP contribution is -2.52. The normalized spacial score (nSPS) is 25.5. The van der Waals surface area contributed by atoms with Gasteiger partial charge in [0.1, 0.15) is 0 Å². The summed E-state index contributed by atoms with van der Waals surface area (Å²) in [4.78, 5) is 17.5. The van der Waals surface area contributed by atoms with Crippen LogP contribution in [-0.4, -0.2) is 67.3 Å². The fraction of sp³-hybridized carbons (Fsp3) is 0.609. The predicted molar refractivity (Wildman–Crippen MR) is 116 cm³/mol. The minimum atomic E-state index is -3.00. The minimum absolute atomic E-state index is 0.121. The van der Waals surface area contributed by atoms with Crippen molar-refractivity contribution >= 4 is 21.3 Å². The molecule has 1 saturated heterocycles. The number of benzene rings is 1. The van der Waals surface area contributed by atoms with Gasteiger partial charge >= 0.3 is 0 Å². The summed E-state index contributed by atoms with van der Waals surface area (Å²) < 4.78 is 24.1. The summed E-state index contributed by atoms with van der Waals surface area (Å²) in [5, 5.41) is 0. The maximum Gasteiger partial charge on any atom is 0.237 e. The van der Waals surface area contributed by atoms with Gasteiger partial charge in [-0.3, -0.25) is 9.69 Å². The lowest BCUT2D eigenvalue weighted by Gasteiger charge is -2.39. The molecule has 3 aliphatic rings. The highest BCUT2D eigenvalue weighted by Crippen LogP contribution is 2.29. The Morgan fingerprint density at radius 2 is 1.79 bits per heavy atom. The third-order valence-electron chi connectivity index (χ3n) is 6.65. The van der Waals surface area contributed by atoms with Gasteiger partial charge in [0.15, 0.2) is 9.84 Å². The molecule has 29 heavy (non-hydrogen) atoms. The molecule has 1 aromatic carbocycles. The van der Waals surface area contributed by atoms with Crippen molar-refractivity contribution < 1.29 is 13.2 Å². The summed E-state index contributed by atoms with van der Waals surface area (Å²) in [6.45, 7) is 2.04. The van der Waals surface area contributed by atoms with Crippen LogP contribution in [0.2, 0.25) is 0 Å². The zero-order chi connectivity index (χ0) is 20.3. The first-order valence-electron chi connectivity index (χ1n) is 11.0. The van der Waals surface area contributed by atoms with Crippen LogP contribution in [0.5, 0.6) is 0 Å². The highest BCUT2D eigenvalue weighted by atomic mass is 32.2. The van der Waals surface area contributed by atoms with Gasteiger partial charge in [-0.2, -0.15) is 0 Å². The second-order valence-corrected chi connectivity index (χ2v) is 11.0. The number of carbonyl (C=O) groups excluding carboxylic acids is 1. The average molecular weight is 417 g/mol. The van der Waals surface area contributed by atoms with Gasteiger partial charge in [-0.1, -0.05) is 55.7 Å². The van der Waals surface area contributed by atoms with Gasteiger partial charge in [0, 0.05) is 25.2 Å². The summed E-state index contributed by atoms with van der Waals surface area (Å²) in [7, 11) is -3.00. The van der Waals surface area contributed by atoms with E-state index in [4.69, 9.17) is 0 Å². The Balaban J connectivity index is 1.42. The Hall–Kier alpha value is -1.66. The Bertz CT molecular complexity index is 844. The van der Waals surface area contributed by atoms with Crippen molar-refractivity contribution in [3.63, 3.8) is 0 Å². The molecule has 2 aliphatic heterocycles. The van der Waals surface area contributed by atoms with E-state index >= 15 is 0 Å². The topological polar surface area (TPSA) is 57.7 Å². The van der Waals surface area contributed by atoms with Gasteiger partial charge in [0.2, 0.25) is 5.91 Å². The number of carbonyl (C=O) groups is 1. The molecule has 4 rings (SSSR count). The number of amides is 1. The second-order valence-electron chi connectivity index (χ2n) is 8.73. The first-order valence-corrected chi connectivity index (χ1v) is 12.8. The van der Waals surface area contributed by atoms with E-state index in [1.165, 1.54) is 17.6 Å². The number of rotatable bonds is 5. The zero-order valence-corrected chi connectivity index (χ0v) is 17.9. The van der Waals surface area contributed by atoms with Gasteiger partial charge in [0.05, 0.1) is 18.1 Å². The summed E-state index contributed by atoms with van der Waals surface area (Å²) in [6, 6.07) is 10.5. The van der Waals surface area contributed by atoms with Crippen molar-refractivity contribution in [2.45, 2.75) is 57.0 Å². The van der Waals surface area contributed by atoms with E-state index in [2.05, 4.69) is 35.2 Å². The highest BCUT2D eigenvalue weighted by molar-refractivity contribution is 7.91. The molecule has 2 fully saturated rings. The van der Waals surface area contributed by atoms with Crippen LogP contribution in [0.15, 0.2) is 36.4 Å². The molecule has 1 atom stereocenters. The smallest absolute Gasteiger partial charge is 0.237 e. The molecule has 6 heteroatoms. The molecule has 1 aromatic rings. The molecule has 0 unspecified atom stereocenters. The summed E-state index contributed by atoms with van der Waals surface area (Å²) in [6.07, 6.45) is 9.31. The molecular weight excluding hydrogens is 384 g/mol. The van der Waals surface area contributed by atoms with Gasteiger partial charge in [-0.05, 0) is 36.8 Å². The fourth-order valence-corrected chi connectivity index (χ4v) is 6.81. The molecular formula is C23H32N2O3S. The molecule has 0 N–H and O–H groups in total. The second kappa shape index (κ2) is 9.00. The number of hydrogen-bond acceptors (Lipinski definition) is 4. The standard InChI is InChI=1S/C23H32N2O3S/c26-23(17-24-14-11-20(12-15-24)19-7-3-1-4-8-19)25(21-9-5-2-6-10-21)22-13-16-29(27,28)18-22/h1,3-4,7-8,11,21-22H,2,5-6,9-10,12-18H2/t22-/m0/s1. The molecule has 0 aromatic heterocycles. The Morgan fingerprint density at radius 3 is 2.41 bits per heavy atom. The molecule has 2 heterocycles. The molecule has 1 aliphatic carbocycles. The van der Waals surface area contributed by atoms with E-state index < -0.39 is 9.84 Å². The molecule has 158 valence electrons. The summed E-state index contributed by atoms with van der Waals surface area (Å²) in [5.74, 6) is 0.490. The minimum Gasteiger partial charge on any atom is -0.335 e. The van der Waals surface area contributed by atoms with Crippen LogP contribution in [0.25, 0.3) is 5.57 Å². The van der Waals surface area contributed by atoms with Crippen LogP contribution in [0.3, 0.4) is 0 Å². The Labute approximate surface area is 174 Å². The first-order chi connectivity index (χ1) is 14.0. The van der Waals surface area contributed by atoms with Gasteiger partial charge < -0.3 is 4.90 Å². The van der Waals surface area contributed by atoms with E-state index in [1.54, 1.807) is 0 Å². The van der Waals surface area contributed by atoms with Crippen molar-refractivity contribution in [2.75, 3.05) is 31.1 Å². The molecule has 1 saturated carbocycles. The number of sulfone groups is 1. The van der Waals surface area contributed by atoms with E-state index in [-0.39, 0.29) is 29.5 Å². The van der Waals surface area contributed by atoms with Crippen molar-refractivity contribution in [3.8, 4) is 0 Å². The van der Waals surface area contributed by atoms with Crippen molar-refractivity contribution in [3.05, 3.63) is 42.0 Å². The van der Waals surface area contributed by atoms with Crippen LogP contribution >= 0.6 is 0 Å². The SMILES string of the molecule is O=C(CN1CC=C(c2ccccc2)CC1)N(C1CCCCC1)[C@H]1CCS(=O)(=O)C1. The van der Waals surface area contributed by atoms with Crippen LogP contribution < -0.4 is 0 Å². The summed E-state index contributed by atoms with van der Waals surface area (Å²) >= 11 is 0. The Kier molecular flexibility index (Phi) is 6.40. The van der Waals surface area contributed by atoms with Crippen LogP contribution in [0.4, 0.5) is 0 Å². The highest BCUT2D eigenvalue weighted by Gasteiger charge is 2.38. The van der Waals surface area contributed by atoms with Crippen molar-refractivity contribution in [2.24, 2.45) is 0 Å². The van der Waals surface area contributed by atoms with Crippen LogP contribution in [0.1, 0.15) is 50.5 Å². The third-order valence-corrected chi connectivity index (χ3v) is 8.40. The van der Waals surface area contributed by atoms with Crippen LogP contribution in [0, 0.1) is 0 Å². The van der Waals surface area contributed by atoms with Gasteiger partial charge in [-0.25, -0.2) is 8.42 Å². The van der Waals surface area contributed by atoms with E-state index in [1.807, 2.05) is 11.0 Å². The maximum absolute atomic E-state index is 13.3. The maximum atomic E-state index is 13.3. The quantitative estimate of drug-likeness (QED) is 0.740. The number of nitrogens with zero attached hydrogens (tertiary/aromatic N) is 2. The van der Waals surface area contributed by atoms with Gasteiger partial charge in [-0.15, -0.1) is 0 Å². The van der Waals surface area contributed by atoms with E-state index in [9.17, 15) is 13.2 Å². The number of hydrogen-bond donors (Lipinski definition) is 0. The van der Waals surface area contributed by atoms with Crippen molar-refractivity contribution in [1.29, 1.82) is 0 Å². The molecule has 1 amide bonds. The monoisotopic (exact) mass is 416 g/mol. The first kappa shape index (κ1) is 20.6. The molecule has 0 bridgehead atoms. The van der Waals surface area contributed by atoms with Crippen molar-refractivity contribution in [1.82, 2.24) is 9.80 Å². The van der Waals surface area contributed by atoms with E-state index in [0.29, 0.717) is 13.0 Å². The Morgan fingerprint density at radius 1 is 1.03 bits per heavy atom. The average Bonchev–Trinajstić information content (AvgIpc) is 3.09. The lowest BCUT2D eigenvalue weighted by molar-refractivity contribution is -0.137.